The minimum absolute atomic E-state index is 0.00404. The van der Waals surface area contributed by atoms with Crippen molar-refractivity contribution in [3.8, 4) is 0 Å². The Hall–Kier alpha value is -2.81. The van der Waals surface area contributed by atoms with Gasteiger partial charge in [-0.15, -0.1) is 0 Å². The highest BCUT2D eigenvalue weighted by Crippen LogP contribution is 2.32. The van der Waals surface area contributed by atoms with Gasteiger partial charge in [0.05, 0.1) is 5.57 Å². The molecule has 0 saturated heterocycles. The summed E-state index contributed by atoms with van der Waals surface area (Å²) in [5, 5.41) is 2.09. The molecule has 0 spiro atoms. The molecule has 3 aromatic carbocycles. The summed E-state index contributed by atoms with van der Waals surface area (Å²) in [6.45, 7) is 1.88. The Bertz CT molecular complexity index is 920. The number of ketones is 1. The number of hydrogen-bond acceptors (Lipinski definition) is 1. The number of carbonyl (C=O) groups excluding carboxylic acids is 1. The van der Waals surface area contributed by atoms with E-state index in [1.165, 1.54) is 0 Å². The Morgan fingerprint density at radius 2 is 1.52 bits per heavy atom. The highest BCUT2D eigenvalue weighted by atomic mass is 19.3. The van der Waals surface area contributed by atoms with Crippen LogP contribution in [0.15, 0.2) is 84.5 Å². The molecule has 0 heterocycles. The molecule has 3 rings (SSSR count). The van der Waals surface area contributed by atoms with Crippen molar-refractivity contribution in [2.75, 3.05) is 0 Å². The van der Waals surface area contributed by atoms with Crippen LogP contribution in [0.2, 0.25) is 0 Å². The molecule has 0 N–H and O–H groups in total. The van der Waals surface area contributed by atoms with E-state index in [-0.39, 0.29) is 17.9 Å². The maximum Gasteiger partial charge on any atom is 0.277 e. The van der Waals surface area contributed by atoms with Crippen LogP contribution in [-0.2, 0) is 0 Å². The summed E-state index contributed by atoms with van der Waals surface area (Å²) >= 11 is 0. The van der Waals surface area contributed by atoms with Gasteiger partial charge in [0.1, 0.15) is 0 Å². The van der Waals surface area contributed by atoms with E-state index in [0.717, 1.165) is 16.3 Å². The predicted molar refractivity (Wildman–Crippen MR) is 97.0 cm³/mol. The third kappa shape index (κ3) is 3.66. The van der Waals surface area contributed by atoms with E-state index in [9.17, 15) is 13.6 Å². The number of Topliss-reactive ketones (excluding diaryl/α,β-unsaturated/α-hetero) is 1. The average Bonchev–Trinajstić information content (AvgIpc) is 2.65. The molecule has 1 unspecified atom stereocenters. The van der Waals surface area contributed by atoms with Crippen molar-refractivity contribution >= 4 is 16.6 Å². The van der Waals surface area contributed by atoms with Crippen molar-refractivity contribution in [3.63, 3.8) is 0 Å². The van der Waals surface area contributed by atoms with E-state index in [2.05, 4.69) is 0 Å². The standard InChI is InChI=1S/C22H18F2O/c1-15(18-13-7-11-16-8-5-6-12-19(16)18)14-20(22(23)24)21(25)17-9-3-2-4-10-17/h2-13,15H,14H2,1H3. The third-order valence-corrected chi connectivity index (χ3v) is 4.40. The Labute approximate surface area is 145 Å². The zero-order valence-electron chi connectivity index (χ0n) is 13.9. The summed E-state index contributed by atoms with van der Waals surface area (Å²) in [6.07, 6.45) is -1.90. The first-order valence-electron chi connectivity index (χ1n) is 8.19. The lowest BCUT2D eigenvalue weighted by atomic mass is 9.88. The molecule has 1 atom stereocenters. The lowest BCUT2D eigenvalue weighted by Gasteiger charge is -2.16. The van der Waals surface area contributed by atoms with Gasteiger partial charge >= 0.3 is 0 Å². The molecule has 3 aromatic rings. The molecule has 126 valence electrons. The van der Waals surface area contributed by atoms with E-state index in [0.29, 0.717) is 0 Å². The molecule has 0 aliphatic carbocycles. The smallest absolute Gasteiger partial charge is 0.277 e. The summed E-state index contributed by atoms with van der Waals surface area (Å²) in [4.78, 5) is 12.5. The molecule has 0 radical (unpaired) electrons. The van der Waals surface area contributed by atoms with Gasteiger partial charge in [0.15, 0.2) is 5.78 Å². The second-order valence-electron chi connectivity index (χ2n) is 6.11. The van der Waals surface area contributed by atoms with Crippen LogP contribution >= 0.6 is 0 Å². The summed E-state index contributed by atoms with van der Waals surface area (Å²) in [7, 11) is 0. The van der Waals surface area contributed by atoms with Gasteiger partial charge in [-0.1, -0.05) is 79.7 Å². The van der Waals surface area contributed by atoms with Crippen LogP contribution in [0.5, 0.6) is 0 Å². The van der Waals surface area contributed by atoms with Gasteiger partial charge in [-0.3, -0.25) is 4.79 Å². The van der Waals surface area contributed by atoms with E-state index >= 15 is 0 Å². The molecule has 0 aromatic heterocycles. The lowest BCUT2D eigenvalue weighted by molar-refractivity contribution is 0.102. The predicted octanol–water partition coefficient (Wildman–Crippen LogP) is 6.37. The lowest BCUT2D eigenvalue weighted by Crippen LogP contribution is -2.08. The van der Waals surface area contributed by atoms with Crippen molar-refractivity contribution < 1.29 is 13.6 Å². The molecule has 0 saturated carbocycles. The van der Waals surface area contributed by atoms with E-state index < -0.39 is 17.4 Å². The number of fused-ring (bicyclic) bond motifs is 1. The first-order chi connectivity index (χ1) is 12.1. The van der Waals surface area contributed by atoms with Crippen molar-refractivity contribution in [1.82, 2.24) is 0 Å². The molecule has 25 heavy (non-hydrogen) atoms. The Balaban J connectivity index is 1.93. The fraction of sp³-hybridized carbons (Fsp3) is 0.136. The molecule has 0 aliphatic rings. The van der Waals surface area contributed by atoms with Gasteiger partial charge in [-0.25, -0.2) is 0 Å². The summed E-state index contributed by atoms with van der Waals surface area (Å²) in [5.74, 6) is -0.803. The van der Waals surface area contributed by atoms with Gasteiger partial charge in [-0.2, -0.15) is 8.78 Å². The van der Waals surface area contributed by atoms with Crippen LogP contribution in [0.4, 0.5) is 8.78 Å². The minimum Gasteiger partial charge on any atom is -0.289 e. The van der Waals surface area contributed by atoms with E-state index in [1.807, 2.05) is 49.4 Å². The Kier molecular flexibility index (Phi) is 5.03. The second-order valence-corrected chi connectivity index (χ2v) is 6.11. The van der Waals surface area contributed by atoms with Crippen LogP contribution in [0, 0.1) is 0 Å². The van der Waals surface area contributed by atoms with Gasteiger partial charge in [0.25, 0.3) is 6.08 Å². The van der Waals surface area contributed by atoms with Gasteiger partial charge in [0, 0.05) is 5.56 Å². The molecule has 0 amide bonds. The fourth-order valence-electron chi connectivity index (χ4n) is 3.12. The molecule has 0 aliphatic heterocycles. The van der Waals surface area contributed by atoms with Crippen molar-refractivity contribution in [2.24, 2.45) is 0 Å². The SMILES string of the molecule is CC(CC(C(=O)c1ccccc1)=C(F)F)c1cccc2ccccc12. The van der Waals surface area contributed by atoms with Crippen LogP contribution in [0.25, 0.3) is 10.8 Å². The van der Waals surface area contributed by atoms with Crippen molar-refractivity contribution in [2.45, 2.75) is 19.3 Å². The third-order valence-electron chi connectivity index (χ3n) is 4.40. The topological polar surface area (TPSA) is 17.1 Å². The summed E-state index contributed by atoms with van der Waals surface area (Å²) in [6, 6.07) is 21.9. The Morgan fingerprint density at radius 1 is 0.880 bits per heavy atom. The number of rotatable bonds is 5. The van der Waals surface area contributed by atoms with Crippen LogP contribution in [-0.4, -0.2) is 5.78 Å². The number of halogens is 2. The average molecular weight is 336 g/mol. The van der Waals surface area contributed by atoms with Crippen molar-refractivity contribution in [1.29, 1.82) is 0 Å². The summed E-state index contributed by atoms with van der Waals surface area (Å²) in [5.41, 5.74) is 0.847. The van der Waals surface area contributed by atoms with Crippen molar-refractivity contribution in [3.05, 3.63) is 95.6 Å². The monoisotopic (exact) mass is 336 g/mol. The van der Waals surface area contributed by atoms with Gasteiger partial charge in [0.2, 0.25) is 0 Å². The zero-order valence-corrected chi connectivity index (χ0v) is 13.9. The maximum atomic E-state index is 13.5. The largest absolute Gasteiger partial charge is 0.289 e. The van der Waals surface area contributed by atoms with Crippen LogP contribution in [0.1, 0.15) is 35.2 Å². The number of carbonyl (C=O) groups is 1. The molecule has 0 bridgehead atoms. The second kappa shape index (κ2) is 7.39. The normalized spacial score (nSPS) is 12.0. The molecule has 3 heteroatoms. The highest BCUT2D eigenvalue weighted by molar-refractivity contribution is 6.08. The van der Waals surface area contributed by atoms with E-state index in [4.69, 9.17) is 0 Å². The van der Waals surface area contributed by atoms with Gasteiger partial charge in [-0.05, 0) is 28.7 Å². The molecular formula is C22H18F2O. The quantitative estimate of drug-likeness (QED) is 0.391. The van der Waals surface area contributed by atoms with E-state index in [1.54, 1.807) is 30.3 Å². The fourth-order valence-corrected chi connectivity index (χ4v) is 3.12. The minimum atomic E-state index is -1.90. The number of hydrogen-bond donors (Lipinski definition) is 0. The number of benzene rings is 3. The first kappa shape index (κ1) is 17.0. The molecule has 0 fully saturated rings. The zero-order chi connectivity index (χ0) is 17.8. The maximum absolute atomic E-state index is 13.5. The van der Waals surface area contributed by atoms with Gasteiger partial charge < -0.3 is 0 Å². The van der Waals surface area contributed by atoms with Crippen LogP contribution in [0.3, 0.4) is 0 Å². The highest BCUT2D eigenvalue weighted by Gasteiger charge is 2.22. The van der Waals surface area contributed by atoms with Crippen LogP contribution < -0.4 is 0 Å². The number of allylic oxidation sites excluding steroid dienone is 1. The first-order valence-corrected chi connectivity index (χ1v) is 8.19. The Morgan fingerprint density at radius 3 is 2.24 bits per heavy atom. The summed E-state index contributed by atoms with van der Waals surface area (Å²) < 4.78 is 27.0. The molecule has 1 nitrogen and oxygen atoms in total. The molecular weight excluding hydrogens is 318 g/mol.